The van der Waals surface area contributed by atoms with Gasteiger partial charge in [0.05, 0.1) is 32.8 Å². The van der Waals surface area contributed by atoms with Crippen molar-refractivity contribution in [3.8, 4) is 0 Å². The molecule has 0 saturated carbocycles. The van der Waals surface area contributed by atoms with Gasteiger partial charge in [0.2, 0.25) is 10.4 Å². The van der Waals surface area contributed by atoms with Gasteiger partial charge in [-0.05, 0) is 51.7 Å². The van der Waals surface area contributed by atoms with Crippen LogP contribution in [0.5, 0.6) is 0 Å². The number of quaternary nitrogens is 1. The van der Waals surface area contributed by atoms with E-state index in [4.69, 9.17) is 0 Å². The van der Waals surface area contributed by atoms with Crippen molar-refractivity contribution in [2.75, 3.05) is 26.2 Å². The highest BCUT2D eigenvalue weighted by molar-refractivity contribution is 7.80. The molecule has 5 nitrogen and oxygen atoms in total. The Bertz CT molecular complexity index is 670. The maximum atomic E-state index is 10.6. The van der Waals surface area contributed by atoms with Crippen LogP contribution in [0.25, 0.3) is 0 Å². The molecule has 0 aliphatic carbocycles. The lowest BCUT2D eigenvalue weighted by molar-refractivity contribution is -0.921. The zero-order chi connectivity index (χ0) is 25.0. The molecule has 6 heteroatoms. The Morgan fingerprint density at radius 3 is 1.52 bits per heavy atom. The summed E-state index contributed by atoms with van der Waals surface area (Å²) in [5, 5.41) is 0. The molecule has 0 unspecified atom stereocenters. The smallest absolute Gasteiger partial charge is 0.217 e. The molecule has 0 radical (unpaired) electrons. The number of rotatable bonds is 18. The van der Waals surface area contributed by atoms with Crippen LogP contribution in [0, 0.1) is 0 Å². The number of hydrogen-bond donors (Lipinski definition) is 0. The van der Waals surface area contributed by atoms with Crippen LogP contribution in [0.15, 0.2) is 24.3 Å². The first-order chi connectivity index (χ1) is 15.8. The van der Waals surface area contributed by atoms with Gasteiger partial charge < -0.3 is 9.04 Å². The van der Waals surface area contributed by atoms with Crippen LogP contribution in [-0.2, 0) is 27.6 Å². The van der Waals surface area contributed by atoms with Crippen LogP contribution in [0.1, 0.15) is 110 Å². The summed E-state index contributed by atoms with van der Waals surface area (Å²) < 4.78 is 37.4. The van der Waals surface area contributed by atoms with Crippen LogP contribution in [0.4, 0.5) is 0 Å². The molecule has 194 valence electrons. The van der Waals surface area contributed by atoms with Gasteiger partial charge in [0.1, 0.15) is 0 Å². The summed E-state index contributed by atoms with van der Waals surface area (Å²) in [5.74, 6) is 0. The number of unbranched alkanes of at least 4 members (excludes halogenated alkanes) is 9. The summed E-state index contributed by atoms with van der Waals surface area (Å²) in [6.45, 7) is 16.3. The first kappa shape index (κ1) is 32.0. The van der Waals surface area contributed by atoms with Gasteiger partial charge in [0.25, 0.3) is 0 Å². The fraction of sp³-hybridized carbons (Fsp3) is 0.778. The maximum Gasteiger partial charge on any atom is 0.217 e. The Balaban J connectivity index is 0.000000960. The predicted molar refractivity (Wildman–Crippen MR) is 139 cm³/mol. The van der Waals surface area contributed by atoms with E-state index in [2.05, 4.69) is 38.8 Å². The van der Waals surface area contributed by atoms with E-state index in [0.717, 1.165) is 24.0 Å². The lowest BCUT2D eigenvalue weighted by atomic mass is 10.0. The summed E-state index contributed by atoms with van der Waals surface area (Å²) in [6, 6.07) is 7.56. The SMILES string of the molecule is CCCCCCCCCCCCc1ccccc1COS(=O)(=O)[O-].CC[N+](CC)(CC)CC. The maximum absolute atomic E-state index is 10.6. The largest absolute Gasteiger partial charge is 0.726 e. The Morgan fingerprint density at radius 1 is 0.697 bits per heavy atom. The number of benzene rings is 1. The molecule has 33 heavy (non-hydrogen) atoms. The van der Waals surface area contributed by atoms with Crippen molar-refractivity contribution >= 4 is 10.4 Å². The molecule has 1 aromatic rings. The minimum atomic E-state index is -4.63. The molecule has 0 aliphatic rings. The van der Waals surface area contributed by atoms with E-state index in [9.17, 15) is 13.0 Å². The topological polar surface area (TPSA) is 66.4 Å². The quantitative estimate of drug-likeness (QED) is 0.0970. The van der Waals surface area contributed by atoms with Gasteiger partial charge in [-0.25, -0.2) is 8.42 Å². The fourth-order valence-electron chi connectivity index (χ4n) is 4.22. The average Bonchev–Trinajstić information content (AvgIpc) is 2.81. The molecule has 0 spiro atoms. The molecule has 0 heterocycles. The van der Waals surface area contributed by atoms with Gasteiger partial charge in [-0.2, -0.15) is 0 Å². The average molecular weight is 486 g/mol. The Hall–Kier alpha value is -0.950. The third kappa shape index (κ3) is 16.3. The first-order valence-corrected chi connectivity index (χ1v) is 14.6. The van der Waals surface area contributed by atoms with E-state index < -0.39 is 10.4 Å². The first-order valence-electron chi connectivity index (χ1n) is 13.3. The van der Waals surface area contributed by atoms with E-state index in [1.807, 2.05) is 24.3 Å². The monoisotopic (exact) mass is 485 g/mol. The molecule has 0 saturated heterocycles. The predicted octanol–water partition coefficient (Wildman–Crippen LogP) is 7.01. The van der Waals surface area contributed by atoms with Crippen molar-refractivity contribution in [1.82, 2.24) is 0 Å². The van der Waals surface area contributed by atoms with Gasteiger partial charge in [-0.15, -0.1) is 0 Å². The van der Waals surface area contributed by atoms with E-state index in [1.165, 1.54) is 88.4 Å². The molecule has 0 fully saturated rings. The molecule has 0 N–H and O–H groups in total. The van der Waals surface area contributed by atoms with Crippen LogP contribution in [0.3, 0.4) is 0 Å². The second-order valence-electron chi connectivity index (χ2n) is 8.98. The summed E-state index contributed by atoms with van der Waals surface area (Å²) in [6.07, 6.45) is 13.8. The number of hydrogen-bond acceptors (Lipinski definition) is 4. The summed E-state index contributed by atoms with van der Waals surface area (Å²) in [4.78, 5) is 0. The van der Waals surface area contributed by atoms with Crippen LogP contribution < -0.4 is 0 Å². The lowest BCUT2D eigenvalue weighted by Gasteiger charge is -2.34. The summed E-state index contributed by atoms with van der Waals surface area (Å²) >= 11 is 0. The molecule has 1 rings (SSSR count). The lowest BCUT2D eigenvalue weighted by Crippen LogP contribution is -2.47. The van der Waals surface area contributed by atoms with E-state index in [0.29, 0.717) is 0 Å². The van der Waals surface area contributed by atoms with Crippen molar-refractivity contribution in [3.63, 3.8) is 0 Å². The van der Waals surface area contributed by atoms with Gasteiger partial charge in [-0.3, -0.25) is 4.18 Å². The van der Waals surface area contributed by atoms with E-state index in [1.54, 1.807) is 0 Å². The third-order valence-electron chi connectivity index (χ3n) is 6.96. The normalized spacial score (nSPS) is 11.8. The third-order valence-corrected chi connectivity index (χ3v) is 7.37. The van der Waals surface area contributed by atoms with E-state index in [-0.39, 0.29) is 6.61 Å². The van der Waals surface area contributed by atoms with Gasteiger partial charge in [0, 0.05) is 0 Å². The van der Waals surface area contributed by atoms with Gasteiger partial charge in [0.15, 0.2) is 0 Å². The minimum Gasteiger partial charge on any atom is -0.726 e. The minimum absolute atomic E-state index is 0.167. The fourth-order valence-corrected chi connectivity index (χ4v) is 4.49. The highest BCUT2D eigenvalue weighted by Gasteiger charge is 2.16. The highest BCUT2D eigenvalue weighted by atomic mass is 32.3. The van der Waals surface area contributed by atoms with Crippen LogP contribution in [-0.4, -0.2) is 43.6 Å². The second kappa shape index (κ2) is 19.4. The van der Waals surface area contributed by atoms with E-state index >= 15 is 0 Å². The molecular formula is C27H51NO4S. The zero-order valence-electron chi connectivity index (χ0n) is 22.1. The molecule has 0 bridgehead atoms. The second-order valence-corrected chi connectivity index (χ2v) is 10.0. The molecule has 0 aliphatic heterocycles. The Morgan fingerprint density at radius 2 is 1.12 bits per heavy atom. The van der Waals surface area contributed by atoms with Crippen molar-refractivity contribution < 1.29 is 21.6 Å². The van der Waals surface area contributed by atoms with Gasteiger partial charge in [-0.1, -0.05) is 89.0 Å². The van der Waals surface area contributed by atoms with Gasteiger partial charge >= 0.3 is 0 Å². The van der Waals surface area contributed by atoms with Crippen LogP contribution >= 0.6 is 0 Å². The molecule has 1 aromatic carbocycles. The number of aryl methyl sites for hydroxylation is 1. The molecule has 0 aromatic heterocycles. The van der Waals surface area contributed by atoms with Crippen molar-refractivity contribution in [3.05, 3.63) is 35.4 Å². The Labute approximate surface area is 205 Å². The van der Waals surface area contributed by atoms with Crippen molar-refractivity contribution in [2.45, 2.75) is 112 Å². The summed E-state index contributed by atoms with van der Waals surface area (Å²) in [7, 11) is -4.63. The standard InChI is InChI=1S/C19H32O4S.C8H20N/c1-2-3-4-5-6-7-8-9-10-11-14-18-15-12-13-16-19(18)17-23-24(20,21)22;1-5-9(6-2,7-3)8-4/h12-13,15-16H,2-11,14,17H2,1H3,(H,20,21,22);5-8H2,1-4H3/q;+1/p-1. The molecular weight excluding hydrogens is 434 g/mol. The Kier molecular flexibility index (Phi) is 18.8. The zero-order valence-corrected chi connectivity index (χ0v) is 22.9. The van der Waals surface area contributed by atoms with Crippen LogP contribution in [0.2, 0.25) is 0 Å². The van der Waals surface area contributed by atoms with Crippen molar-refractivity contribution in [2.24, 2.45) is 0 Å². The number of nitrogens with zero attached hydrogens (tertiary/aromatic N) is 1. The summed E-state index contributed by atoms with van der Waals surface area (Å²) in [5.41, 5.74) is 1.86. The van der Waals surface area contributed by atoms with Crippen molar-refractivity contribution in [1.29, 1.82) is 0 Å². The molecule has 0 atom stereocenters. The highest BCUT2D eigenvalue weighted by Crippen LogP contribution is 2.16. The molecule has 0 amide bonds.